The standard InChI is InChI=1S/C15H29N3O2/c1-7-11(19-9-3)14-17-13(20-18-14)10-12(16-8-2)15(4,5)6/h11-12,16H,7-10H2,1-6H3. The molecule has 0 saturated heterocycles. The van der Waals surface area contributed by atoms with Gasteiger partial charge >= 0.3 is 0 Å². The predicted octanol–water partition coefficient (Wildman–Crippen LogP) is 3.12. The summed E-state index contributed by atoms with van der Waals surface area (Å²) in [7, 11) is 0. The van der Waals surface area contributed by atoms with Gasteiger partial charge in [-0.05, 0) is 25.3 Å². The highest BCUT2D eigenvalue weighted by Crippen LogP contribution is 2.23. The van der Waals surface area contributed by atoms with Crippen LogP contribution in [0.15, 0.2) is 4.52 Å². The number of hydrogen-bond donors (Lipinski definition) is 1. The number of ether oxygens (including phenoxy) is 1. The van der Waals surface area contributed by atoms with E-state index in [2.05, 4.69) is 50.1 Å². The van der Waals surface area contributed by atoms with Gasteiger partial charge in [-0.1, -0.05) is 39.8 Å². The molecular formula is C15H29N3O2. The molecule has 0 spiro atoms. The van der Waals surface area contributed by atoms with Crippen molar-refractivity contribution in [2.45, 2.75) is 66.5 Å². The largest absolute Gasteiger partial charge is 0.370 e. The molecule has 0 aliphatic rings. The van der Waals surface area contributed by atoms with Crippen LogP contribution in [0, 0.1) is 5.41 Å². The van der Waals surface area contributed by atoms with E-state index in [0.717, 1.165) is 19.4 Å². The summed E-state index contributed by atoms with van der Waals surface area (Å²) in [6.45, 7) is 14.4. The summed E-state index contributed by atoms with van der Waals surface area (Å²) < 4.78 is 11.0. The van der Waals surface area contributed by atoms with Crippen LogP contribution in [0.2, 0.25) is 0 Å². The highest BCUT2D eigenvalue weighted by Gasteiger charge is 2.27. The molecule has 20 heavy (non-hydrogen) atoms. The van der Waals surface area contributed by atoms with Crippen molar-refractivity contribution in [3.63, 3.8) is 0 Å². The van der Waals surface area contributed by atoms with Gasteiger partial charge in [0.25, 0.3) is 0 Å². The lowest BCUT2D eigenvalue weighted by Crippen LogP contribution is -2.41. The summed E-state index contributed by atoms with van der Waals surface area (Å²) in [5.74, 6) is 1.34. The number of nitrogens with one attached hydrogen (secondary N) is 1. The molecule has 2 atom stereocenters. The van der Waals surface area contributed by atoms with Gasteiger partial charge in [0.2, 0.25) is 11.7 Å². The summed E-state index contributed by atoms with van der Waals surface area (Å²) in [5.41, 5.74) is 0.148. The molecule has 0 bridgehead atoms. The smallest absolute Gasteiger partial charge is 0.228 e. The first-order valence-electron chi connectivity index (χ1n) is 7.59. The Morgan fingerprint density at radius 1 is 1.25 bits per heavy atom. The molecule has 5 nitrogen and oxygen atoms in total. The third-order valence-electron chi connectivity index (χ3n) is 3.39. The first-order chi connectivity index (χ1) is 9.42. The van der Waals surface area contributed by atoms with Gasteiger partial charge in [-0.2, -0.15) is 4.98 Å². The van der Waals surface area contributed by atoms with Crippen LogP contribution in [0.25, 0.3) is 0 Å². The Hall–Kier alpha value is -0.940. The normalized spacial score (nSPS) is 15.3. The summed E-state index contributed by atoms with van der Waals surface area (Å²) in [4.78, 5) is 4.49. The first-order valence-corrected chi connectivity index (χ1v) is 7.59. The Morgan fingerprint density at radius 3 is 2.45 bits per heavy atom. The van der Waals surface area contributed by atoms with Crippen molar-refractivity contribution in [1.82, 2.24) is 15.5 Å². The van der Waals surface area contributed by atoms with E-state index < -0.39 is 0 Å². The SMILES string of the molecule is CCNC(Cc1nc(C(CC)OCC)no1)C(C)(C)C. The maximum absolute atomic E-state index is 5.61. The highest BCUT2D eigenvalue weighted by molar-refractivity contribution is 4.95. The molecule has 0 fully saturated rings. The second-order valence-electron chi connectivity index (χ2n) is 6.08. The van der Waals surface area contributed by atoms with E-state index in [1.54, 1.807) is 0 Å². The molecule has 1 aromatic rings. The van der Waals surface area contributed by atoms with Gasteiger partial charge in [0, 0.05) is 19.1 Å². The van der Waals surface area contributed by atoms with Crippen LogP contribution in [-0.2, 0) is 11.2 Å². The van der Waals surface area contributed by atoms with Crippen molar-refractivity contribution in [2.75, 3.05) is 13.2 Å². The molecule has 0 aromatic carbocycles. The third-order valence-corrected chi connectivity index (χ3v) is 3.39. The van der Waals surface area contributed by atoms with Gasteiger partial charge in [-0.15, -0.1) is 0 Å². The lowest BCUT2D eigenvalue weighted by atomic mass is 9.84. The zero-order valence-electron chi connectivity index (χ0n) is 13.7. The van der Waals surface area contributed by atoms with Crippen LogP contribution in [0.1, 0.15) is 65.8 Å². The van der Waals surface area contributed by atoms with E-state index in [9.17, 15) is 0 Å². The molecule has 0 saturated carbocycles. The maximum atomic E-state index is 5.61. The Kier molecular flexibility index (Phi) is 6.62. The molecule has 0 radical (unpaired) electrons. The lowest BCUT2D eigenvalue weighted by molar-refractivity contribution is 0.0518. The van der Waals surface area contributed by atoms with Crippen LogP contribution in [0.3, 0.4) is 0 Å². The number of nitrogens with zero attached hydrogens (tertiary/aromatic N) is 2. The molecule has 5 heteroatoms. The third kappa shape index (κ3) is 4.87. The van der Waals surface area contributed by atoms with E-state index in [4.69, 9.17) is 9.26 Å². The minimum Gasteiger partial charge on any atom is -0.370 e. The Balaban J connectivity index is 2.75. The number of aromatic nitrogens is 2. The molecule has 116 valence electrons. The van der Waals surface area contributed by atoms with Gasteiger partial charge in [0.1, 0.15) is 6.10 Å². The van der Waals surface area contributed by atoms with Crippen LogP contribution in [0.5, 0.6) is 0 Å². The van der Waals surface area contributed by atoms with Crippen molar-refractivity contribution in [1.29, 1.82) is 0 Å². The fourth-order valence-electron chi connectivity index (χ4n) is 2.16. The lowest BCUT2D eigenvalue weighted by Gasteiger charge is -2.30. The van der Waals surface area contributed by atoms with Crippen molar-refractivity contribution < 1.29 is 9.26 Å². The van der Waals surface area contributed by atoms with Crippen LogP contribution in [0.4, 0.5) is 0 Å². The van der Waals surface area contributed by atoms with Crippen molar-refractivity contribution in [3.05, 3.63) is 11.7 Å². The van der Waals surface area contributed by atoms with E-state index >= 15 is 0 Å². The minimum atomic E-state index is -0.0651. The topological polar surface area (TPSA) is 60.2 Å². The minimum absolute atomic E-state index is 0.0651. The number of likely N-dealkylation sites (N-methyl/N-ethyl adjacent to an activating group) is 1. The monoisotopic (exact) mass is 283 g/mol. The van der Waals surface area contributed by atoms with Crippen LogP contribution in [-0.4, -0.2) is 29.3 Å². The Labute approximate surface area is 122 Å². The van der Waals surface area contributed by atoms with E-state index in [1.165, 1.54) is 0 Å². The second kappa shape index (κ2) is 7.74. The molecular weight excluding hydrogens is 254 g/mol. The van der Waals surface area contributed by atoms with Crippen molar-refractivity contribution >= 4 is 0 Å². The van der Waals surface area contributed by atoms with E-state index in [1.807, 2.05) is 6.92 Å². The fraction of sp³-hybridized carbons (Fsp3) is 0.867. The zero-order valence-corrected chi connectivity index (χ0v) is 13.7. The molecule has 1 heterocycles. The number of hydrogen-bond acceptors (Lipinski definition) is 5. The highest BCUT2D eigenvalue weighted by atomic mass is 16.5. The Bertz CT molecular complexity index is 385. The van der Waals surface area contributed by atoms with Crippen molar-refractivity contribution in [3.8, 4) is 0 Å². The maximum Gasteiger partial charge on any atom is 0.228 e. The van der Waals surface area contributed by atoms with Crippen LogP contribution < -0.4 is 5.32 Å². The van der Waals surface area contributed by atoms with Gasteiger partial charge in [-0.25, -0.2) is 0 Å². The van der Waals surface area contributed by atoms with Crippen molar-refractivity contribution in [2.24, 2.45) is 5.41 Å². The molecule has 0 aliphatic heterocycles. The first kappa shape index (κ1) is 17.1. The fourth-order valence-corrected chi connectivity index (χ4v) is 2.16. The summed E-state index contributed by atoms with van der Waals surface area (Å²) in [6, 6.07) is 0.313. The molecule has 0 aliphatic carbocycles. The van der Waals surface area contributed by atoms with E-state index in [0.29, 0.717) is 24.4 Å². The molecule has 1 rings (SSSR count). The van der Waals surface area contributed by atoms with Gasteiger partial charge < -0.3 is 14.6 Å². The van der Waals surface area contributed by atoms with Crippen LogP contribution >= 0.6 is 0 Å². The molecule has 1 N–H and O–H groups in total. The summed E-state index contributed by atoms with van der Waals surface area (Å²) in [5, 5.41) is 7.55. The average molecular weight is 283 g/mol. The van der Waals surface area contributed by atoms with Gasteiger partial charge in [0.05, 0.1) is 0 Å². The quantitative estimate of drug-likeness (QED) is 0.794. The molecule has 1 aromatic heterocycles. The second-order valence-corrected chi connectivity index (χ2v) is 6.08. The van der Waals surface area contributed by atoms with Gasteiger partial charge in [-0.3, -0.25) is 0 Å². The average Bonchev–Trinajstić information content (AvgIpc) is 2.82. The zero-order chi connectivity index (χ0) is 15.2. The molecule has 2 unspecified atom stereocenters. The summed E-state index contributed by atoms with van der Waals surface area (Å²) >= 11 is 0. The predicted molar refractivity (Wildman–Crippen MR) is 79.6 cm³/mol. The summed E-state index contributed by atoms with van der Waals surface area (Å²) in [6.07, 6.45) is 1.53. The van der Waals surface area contributed by atoms with E-state index in [-0.39, 0.29) is 11.5 Å². The number of rotatable bonds is 8. The van der Waals surface area contributed by atoms with Gasteiger partial charge in [0.15, 0.2) is 0 Å². The molecule has 0 amide bonds. The Morgan fingerprint density at radius 2 is 1.95 bits per heavy atom.